The Morgan fingerprint density at radius 3 is 2.68 bits per heavy atom. The molecule has 2 amide bonds. The van der Waals surface area contributed by atoms with Crippen LogP contribution < -0.4 is 10.2 Å². The maximum absolute atomic E-state index is 12.6. The first-order valence-corrected chi connectivity index (χ1v) is 10.2. The third-order valence-corrected chi connectivity index (χ3v) is 5.45. The fourth-order valence-corrected chi connectivity index (χ4v) is 3.86. The molecule has 8 heteroatoms. The summed E-state index contributed by atoms with van der Waals surface area (Å²) in [5.41, 5.74) is 2.11. The number of nitrogens with one attached hydrogen (secondary N) is 1. The minimum Gasteiger partial charge on any atom is -0.466 e. The number of halogens is 1. The quantitative estimate of drug-likeness (QED) is 0.552. The Balaban J connectivity index is 1.60. The van der Waals surface area contributed by atoms with Crippen LogP contribution in [0.4, 0.5) is 5.69 Å². The number of nitrogens with zero attached hydrogens (tertiary/aromatic N) is 2. The predicted octanol–water partition coefficient (Wildman–Crippen LogP) is 2.36. The van der Waals surface area contributed by atoms with Gasteiger partial charge in [-0.3, -0.25) is 19.3 Å². The summed E-state index contributed by atoms with van der Waals surface area (Å²) in [4.78, 5) is 39.9. The molecule has 1 N–H and O–H groups in total. The van der Waals surface area contributed by atoms with Gasteiger partial charge in [-0.1, -0.05) is 18.5 Å². The third-order valence-electron chi connectivity index (χ3n) is 5.03. The number of benzene rings is 1. The molecule has 0 radical (unpaired) electrons. The van der Waals surface area contributed by atoms with Crippen molar-refractivity contribution in [2.24, 2.45) is 0 Å². The molecular weight excluding hydrogens is 382 g/mol. The Morgan fingerprint density at radius 1 is 1.21 bits per heavy atom. The van der Waals surface area contributed by atoms with Crippen LogP contribution in [0, 0.1) is 0 Å². The molecule has 2 heterocycles. The van der Waals surface area contributed by atoms with E-state index in [1.54, 1.807) is 6.07 Å². The summed E-state index contributed by atoms with van der Waals surface area (Å²) in [6.45, 7) is 5.77. The lowest BCUT2D eigenvalue weighted by Gasteiger charge is -2.30. The number of imide groups is 1. The fraction of sp³-hybridized carbons (Fsp3) is 0.550. The SMILES string of the molecule is CCCC(=O)OCCCC(=O)N1Cc2c(ccc(N3CCNCC3)c2Cl)C1=O. The average molecular weight is 408 g/mol. The number of carbonyl (C=O) groups excluding carboxylic acids is 3. The van der Waals surface area contributed by atoms with Crippen LogP contribution in [0.3, 0.4) is 0 Å². The first-order valence-electron chi connectivity index (χ1n) is 9.80. The lowest BCUT2D eigenvalue weighted by atomic mass is 10.1. The van der Waals surface area contributed by atoms with Gasteiger partial charge in [-0.2, -0.15) is 0 Å². The van der Waals surface area contributed by atoms with E-state index in [9.17, 15) is 14.4 Å². The van der Waals surface area contributed by atoms with Gasteiger partial charge in [0.05, 0.1) is 23.9 Å². The zero-order chi connectivity index (χ0) is 20.1. The molecule has 1 aromatic carbocycles. The molecule has 3 rings (SSSR count). The summed E-state index contributed by atoms with van der Waals surface area (Å²) < 4.78 is 5.06. The van der Waals surface area contributed by atoms with Gasteiger partial charge in [-0.15, -0.1) is 0 Å². The largest absolute Gasteiger partial charge is 0.466 e. The van der Waals surface area contributed by atoms with Crippen molar-refractivity contribution in [3.05, 3.63) is 28.3 Å². The van der Waals surface area contributed by atoms with Crippen LogP contribution in [0.5, 0.6) is 0 Å². The second-order valence-electron chi connectivity index (χ2n) is 7.02. The van der Waals surface area contributed by atoms with Crippen molar-refractivity contribution in [3.63, 3.8) is 0 Å². The van der Waals surface area contributed by atoms with E-state index >= 15 is 0 Å². The van der Waals surface area contributed by atoms with Crippen molar-refractivity contribution >= 4 is 35.1 Å². The van der Waals surface area contributed by atoms with E-state index < -0.39 is 0 Å². The highest BCUT2D eigenvalue weighted by molar-refractivity contribution is 6.35. The summed E-state index contributed by atoms with van der Waals surface area (Å²) in [5, 5.41) is 3.85. The lowest BCUT2D eigenvalue weighted by molar-refractivity contribution is -0.144. The highest BCUT2D eigenvalue weighted by Gasteiger charge is 2.34. The van der Waals surface area contributed by atoms with Crippen molar-refractivity contribution in [1.29, 1.82) is 0 Å². The zero-order valence-corrected chi connectivity index (χ0v) is 16.9. The van der Waals surface area contributed by atoms with E-state index in [-0.39, 0.29) is 37.4 Å². The second kappa shape index (κ2) is 9.39. The number of rotatable bonds is 7. The van der Waals surface area contributed by atoms with Gasteiger partial charge in [0.2, 0.25) is 5.91 Å². The third kappa shape index (κ3) is 4.47. The fourth-order valence-electron chi connectivity index (χ4n) is 3.51. The number of esters is 1. The van der Waals surface area contributed by atoms with Crippen LogP contribution in [0.15, 0.2) is 12.1 Å². The normalized spacial score (nSPS) is 16.3. The minimum atomic E-state index is -0.309. The lowest BCUT2D eigenvalue weighted by Crippen LogP contribution is -2.43. The van der Waals surface area contributed by atoms with Gasteiger partial charge in [0, 0.05) is 50.1 Å². The molecule has 7 nitrogen and oxygen atoms in total. The number of amides is 2. The van der Waals surface area contributed by atoms with Crippen molar-refractivity contribution in [1.82, 2.24) is 10.2 Å². The van der Waals surface area contributed by atoms with Crippen molar-refractivity contribution in [2.75, 3.05) is 37.7 Å². The molecule has 2 aliphatic rings. The highest BCUT2D eigenvalue weighted by atomic mass is 35.5. The molecule has 28 heavy (non-hydrogen) atoms. The van der Waals surface area contributed by atoms with Crippen molar-refractivity contribution in [3.8, 4) is 0 Å². The van der Waals surface area contributed by atoms with Crippen LogP contribution in [0.1, 0.15) is 48.5 Å². The average Bonchev–Trinajstić information content (AvgIpc) is 3.04. The smallest absolute Gasteiger partial charge is 0.305 e. The molecule has 0 unspecified atom stereocenters. The number of hydrogen-bond acceptors (Lipinski definition) is 6. The molecule has 0 saturated carbocycles. The maximum Gasteiger partial charge on any atom is 0.305 e. The second-order valence-corrected chi connectivity index (χ2v) is 7.40. The van der Waals surface area contributed by atoms with E-state index in [0.717, 1.165) is 38.3 Å². The van der Waals surface area contributed by atoms with E-state index in [0.29, 0.717) is 29.0 Å². The Morgan fingerprint density at radius 2 is 1.96 bits per heavy atom. The molecule has 0 aromatic heterocycles. The van der Waals surface area contributed by atoms with Gasteiger partial charge in [0.1, 0.15) is 0 Å². The monoisotopic (exact) mass is 407 g/mol. The molecule has 0 aliphatic carbocycles. The zero-order valence-electron chi connectivity index (χ0n) is 16.1. The Kier molecular flexibility index (Phi) is 6.91. The van der Waals surface area contributed by atoms with Gasteiger partial charge < -0.3 is 15.0 Å². The predicted molar refractivity (Wildman–Crippen MR) is 107 cm³/mol. The molecule has 152 valence electrons. The molecule has 2 aliphatic heterocycles. The maximum atomic E-state index is 12.6. The van der Waals surface area contributed by atoms with Gasteiger partial charge in [-0.25, -0.2) is 0 Å². The van der Waals surface area contributed by atoms with E-state index in [1.807, 2.05) is 13.0 Å². The molecular formula is C20H26ClN3O4. The van der Waals surface area contributed by atoms with Crippen LogP contribution in [0.25, 0.3) is 0 Å². The Labute approximate surface area is 169 Å². The van der Waals surface area contributed by atoms with Crippen molar-refractivity contribution in [2.45, 2.75) is 39.2 Å². The highest BCUT2D eigenvalue weighted by Crippen LogP contribution is 2.37. The number of piperazine rings is 1. The summed E-state index contributed by atoms with van der Waals surface area (Å²) >= 11 is 6.60. The van der Waals surface area contributed by atoms with Crippen LogP contribution in [0.2, 0.25) is 5.02 Å². The van der Waals surface area contributed by atoms with Gasteiger partial charge >= 0.3 is 5.97 Å². The van der Waals surface area contributed by atoms with Crippen LogP contribution in [-0.4, -0.2) is 55.5 Å². The Bertz CT molecular complexity index is 762. The number of anilines is 1. The molecule has 0 bridgehead atoms. The number of carbonyl (C=O) groups is 3. The van der Waals surface area contributed by atoms with E-state index in [2.05, 4.69) is 10.2 Å². The summed E-state index contributed by atoms with van der Waals surface area (Å²) in [6.07, 6.45) is 1.66. The number of ether oxygens (including phenoxy) is 1. The topological polar surface area (TPSA) is 79.0 Å². The summed E-state index contributed by atoms with van der Waals surface area (Å²) in [7, 11) is 0. The first kappa shape index (κ1) is 20.6. The number of hydrogen-bond donors (Lipinski definition) is 1. The molecule has 0 spiro atoms. The standard InChI is InChI=1S/C20H26ClN3O4/c1-2-4-18(26)28-12-3-5-17(25)24-13-15-14(20(24)27)6-7-16(19(15)21)23-10-8-22-9-11-23/h6-7,22H,2-5,8-13H2,1H3. The first-order chi connectivity index (χ1) is 13.5. The molecule has 1 fully saturated rings. The molecule has 1 aromatic rings. The van der Waals surface area contributed by atoms with E-state index in [1.165, 1.54) is 4.90 Å². The summed E-state index contributed by atoms with van der Waals surface area (Å²) in [6, 6.07) is 3.63. The number of fused-ring (bicyclic) bond motifs is 1. The van der Waals surface area contributed by atoms with E-state index in [4.69, 9.17) is 16.3 Å². The van der Waals surface area contributed by atoms with Gasteiger partial charge in [-0.05, 0) is 25.0 Å². The molecule has 0 atom stereocenters. The van der Waals surface area contributed by atoms with Gasteiger partial charge in [0.15, 0.2) is 0 Å². The van der Waals surface area contributed by atoms with Crippen LogP contribution in [-0.2, 0) is 20.9 Å². The minimum absolute atomic E-state index is 0.154. The Hall–Kier alpha value is -2.12. The van der Waals surface area contributed by atoms with Crippen LogP contribution >= 0.6 is 11.6 Å². The van der Waals surface area contributed by atoms with Gasteiger partial charge in [0.25, 0.3) is 5.91 Å². The van der Waals surface area contributed by atoms with Crippen molar-refractivity contribution < 1.29 is 19.1 Å². The summed E-state index contributed by atoms with van der Waals surface area (Å²) in [5.74, 6) is -0.837. The molecule has 1 saturated heterocycles.